The number of ether oxygens (including phenoxy) is 1. The van der Waals surface area contributed by atoms with Crippen molar-refractivity contribution in [2.24, 2.45) is 4.99 Å². The number of benzene rings is 2. The van der Waals surface area contributed by atoms with Crippen molar-refractivity contribution in [2.45, 2.75) is 26.3 Å². The Balaban J connectivity index is 2.40. The summed E-state index contributed by atoms with van der Waals surface area (Å²) in [5.41, 5.74) is 1.53. The zero-order chi connectivity index (χ0) is 18.7. The first kappa shape index (κ1) is 17.9. The van der Waals surface area contributed by atoms with Gasteiger partial charge >= 0.3 is 5.97 Å². The summed E-state index contributed by atoms with van der Waals surface area (Å²) >= 11 is 0. The third kappa shape index (κ3) is 2.60. The lowest BCUT2D eigenvalue weighted by Crippen LogP contribution is -2.55. The van der Waals surface area contributed by atoms with E-state index in [9.17, 15) is 9.59 Å². The molecule has 134 valence electrons. The fraction of sp³-hybridized carbons (Fsp3) is 0.286. The number of para-hydroxylation sites is 1. The minimum atomic E-state index is -1.28. The molecule has 0 aromatic heterocycles. The number of anilines is 1. The van der Waals surface area contributed by atoms with Crippen LogP contribution in [0.4, 0.5) is 5.69 Å². The van der Waals surface area contributed by atoms with E-state index in [2.05, 4.69) is 4.99 Å². The Bertz CT molecular complexity index is 861. The third-order valence-corrected chi connectivity index (χ3v) is 4.55. The first-order chi connectivity index (χ1) is 12.6. The van der Waals surface area contributed by atoms with Crippen molar-refractivity contribution in [3.8, 4) is 0 Å². The van der Waals surface area contributed by atoms with Gasteiger partial charge in [0.05, 0.1) is 12.3 Å². The van der Waals surface area contributed by atoms with Crippen LogP contribution in [0, 0.1) is 0 Å². The molecule has 3 rings (SSSR count). The second-order valence-corrected chi connectivity index (χ2v) is 6.04. The van der Waals surface area contributed by atoms with E-state index in [0.717, 1.165) is 16.8 Å². The summed E-state index contributed by atoms with van der Waals surface area (Å²) in [5.74, 6) is -0.776. The molecule has 0 N–H and O–H groups in total. The maximum atomic E-state index is 13.3. The van der Waals surface area contributed by atoms with Gasteiger partial charge in [-0.1, -0.05) is 48.5 Å². The number of carbonyl (C=O) groups excluding carboxylic acids is 2. The lowest BCUT2D eigenvalue weighted by atomic mass is 9.83. The molecule has 0 saturated heterocycles. The average Bonchev–Trinajstić information content (AvgIpc) is 2.93. The van der Waals surface area contributed by atoms with E-state index in [4.69, 9.17) is 4.74 Å². The maximum absolute atomic E-state index is 13.3. The van der Waals surface area contributed by atoms with Gasteiger partial charge in [0.25, 0.3) is 0 Å². The Morgan fingerprint density at radius 3 is 2.31 bits per heavy atom. The van der Waals surface area contributed by atoms with Crippen LogP contribution >= 0.6 is 0 Å². The molecular formula is C21H22N2O3. The molecule has 0 aliphatic carbocycles. The van der Waals surface area contributed by atoms with Gasteiger partial charge in [0, 0.05) is 24.7 Å². The molecule has 1 unspecified atom stereocenters. The van der Waals surface area contributed by atoms with Crippen LogP contribution < -0.4 is 4.90 Å². The molecule has 1 aliphatic rings. The predicted molar refractivity (Wildman–Crippen MR) is 101 cm³/mol. The van der Waals surface area contributed by atoms with Crippen LogP contribution in [0.3, 0.4) is 0 Å². The predicted octanol–water partition coefficient (Wildman–Crippen LogP) is 3.32. The summed E-state index contributed by atoms with van der Waals surface area (Å²) in [6.07, 6.45) is 0. The second-order valence-electron chi connectivity index (χ2n) is 6.04. The van der Waals surface area contributed by atoms with Gasteiger partial charge in [0.15, 0.2) is 0 Å². The molecule has 1 heterocycles. The number of hydrogen-bond donors (Lipinski definition) is 0. The fourth-order valence-electron chi connectivity index (χ4n) is 3.65. The molecule has 0 radical (unpaired) electrons. The number of rotatable bonds is 4. The van der Waals surface area contributed by atoms with Gasteiger partial charge in [-0.25, -0.2) is 9.79 Å². The van der Waals surface area contributed by atoms with Crippen LogP contribution in [-0.2, 0) is 19.9 Å². The van der Waals surface area contributed by atoms with E-state index in [-0.39, 0.29) is 12.5 Å². The highest BCUT2D eigenvalue weighted by atomic mass is 16.5. The molecular weight excluding hydrogens is 328 g/mol. The Hall–Kier alpha value is -2.95. The van der Waals surface area contributed by atoms with Crippen LogP contribution in [0.25, 0.3) is 0 Å². The summed E-state index contributed by atoms with van der Waals surface area (Å²) in [4.78, 5) is 31.5. The van der Waals surface area contributed by atoms with E-state index in [0.29, 0.717) is 12.3 Å². The quantitative estimate of drug-likeness (QED) is 0.794. The molecule has 5 heteroatoms. The first-order valence-electron chi connectivity index (χ1n) is 8.76. The van der Waals surface area contributed by atoms with Gasteiger partial charge < -0.3 is 9.64 Å². The van der Waals surface area contributed by atoms with E-state index >= 15 is 0 Å². The minimum absolute atomic E-state index is 0.245. The summed E-state index contributed by atoms with van der Waals surface area (Å²) in [6.45, 7) is 5.95. The number of carbonyl (C=O) groups is 2. The SMILES string of the molecule is CCOC(=O)C1(c2ccccc2)C(=NC(C)=O)c2ccccc2N1CC. The van der Waals surface area contributed by atoms with E-state index in [1.165, 1.54) is 6.92 Å². The van der Waals surface area contributed by atoms with Gasteiger partial charge in [-0.05, 0) is 25.5 Å². The van der Waals surface area contributed by atoms with Crippen LogP contribution in [0.5, 0.6) is 0 Å². The zero-order valence-electron chi connectivity index (χ0n) is 15.2. The number of hydrogen-bond acceptors (Lipinski definition) is 4. The Morgan fingerprint density at radius 1 is 1.04 bits per heavy atom. The van der Waals surface area contributed by atoms with Gasteiger partial charge in [-0.2, -0.15) is 0 Å². The van der Waals surface area contributed by atoms with Crippen LogP contribution in [0.1, 0.15) is 31.9 Å². The minimum Gasteiger partial charge on any atom is -0.464 e. The van der Waals surface area contributed by atoms with Crippen LogP contribution in [0.15, 0.2) is 59.6 Å². The number of aliphatic imine (C=N–C) groups is 1. The summed E-state index contributed by atoms with van der Waals surface area (Å²) in [5, 5.41) is 0. The number of amides is 1. The number of esters is 1. The van der Waals surface area contributed by atoms with Crippen molar-refractivity contribution < 1.29 is 14.3 Å². The normalized spacial score (nSPS) is 20.1. The standard InChI is InChI=1S/C21H22N2O3/c1-4-23-18-14-10-9-13-17(18)19(22-15(3)24)21(23,20(25)26-5-2)16-11-7-6-8-12-16/h6-14H,4-5H2,1-3H3. The largest absolute Gasteiger partial charge is 0.464 e. The number of nitrogens with zero attached hydrogens (tertiary/aromatic N) is 2. The van der Waals surface area contributed by atoms with Crippen molar-refractivity contribution in [2.75, 3.05) is 18.1 Å². The topological polar surface area (TPSA) is 59.0 Å². The fourth-order valence-corrected chi connectivity index (χ4v) is 3.65. The van der Waals surface area contributed by atoms with Crippen molar-refractivity contribution in [3.63, 3.8) is 0 Å². The van der Waals surface area contributed by atoms with Crippen molar-refractivity contribution >= 4 is 23.3 Å². The first-order valence-corrected chi connectivity index (χ1v) is 8.76. The molecule has 26 heavy (non-hydrogen) atoms. The van der Waals surface area contributed by atoms with E-state index in [1.54, 1.807) is 6.92 Å². The number of fused-ring (bicyclic) bond motifs is 1. The summed E-state index contributed by atoms with van der Waals surface area (Å²) < 4.78 is 5.49. The van der Waals surface area contributed by atoms with Gasteiger partial charge in [0.1, 0.15) is 0 Å². The maximum Gasteiger partial charge on any atom is 0.343 e. The smallest absolute Gasteiger partial charge is 0.343 e. The molecule has 0 spiro atoms. The molecule has 1 aliphatic heterocycles. The summed E-state index contributed by atoms with van der Waals surface area (Å²) in [7, 11) is 0. The Kier molecular flexibility index (Phi) is 4.89. The second kappa shape index (κ2) is 7.12. The molecule has 0 fully saturated rings. The van der Waals surface area contributed by atoms with E-state index < -0.39 is 11.5 Å². The molecule has 0 saturated carbocycles. The molecule has 5 nitrogen and oxygen atoms in total. The third-order valence-electron chi connectivity index (χ3n) is 4.55. The molecule has 2 aromatic rings. The van der Waals surface area contributed by atoms with Crippen LogP contribution in [-0.4, -0.2) is 30.7 Å². The Morgan fingerprint density at radius 2 is 1.69 bits per heavy atom. The molecule has 1 amide bonds. The van der Waals surface area contributed by atoms with E-state index in [1.807, 2.05) is 66.4 Å². The monoisotopic (exact) mass is 350 g/mol. The lowest BCUT2D eigenvalue weighted by molar-refractivity contribution is -0.147. The van der Waals surface area contributed by atoms with Gasteiger partial charge in [0.2, 0.25) is 11.4 Å². The number of likely N-dealkylation sites (N-methyl/N-ethyl adjacent to an activating group) is 1. The van der Waals surface area contributed by atoms with Crippen molar-refractivity contribution in [1.29, 1.82) is 0 Å². The molecule has 0 bridgehead atoms. The average molecular weight is 350 g/mol. The highest BCUT2D eigenvalue weighted by Crippen LogP contribution is 2.46. The summed E-state index contributed by atoms with van der Waals surface area (Å²) in [6, 6.07) is 17.0. The van der Waals surface area contributed by atoms with Crippen LogP contribution in [0.2, 0.25) is 0 Å². The van der Waals surface area contributed by atoms with Gasteiger partial charge in [-0.15, -0.1) is 0 Å². The highest BCUT2D eigenvalue weighted by Gasteiger charge is 2.57. The van der Waals surface area contributed by atoms with Crippen molar-refractivity contribution in [3.05, 3.63) is 65.7 Å². The van der Waals surface area contributed by atoms with Crippen molar-refractivity contribution in [1.82, 2.24) is 0 Å². The lowest BCUT2D eigenvalue weighted by Gasteiger charge is -2.37. The molecule has 2 aromatic carbocycles. The Labute approximate surface area is 153 Å². The highest BCUT2D eigenvalue weighted by molar-refractivity contribution is 6.29. The molecule has 1 atom stereocenters. The van der Waals surface area contributed by atoms with Gasteiger partial charge in [-0.3, -0.25) is 4.79 Å². The zero-order valence-corrected chi connectivity index (χ0v) is 15.2.